The van der Waals surface area contributed by atoms with E-state index in [1.54, 1.807) is 13.1 Å². The Bertz CT molecular complexity index is 1100. The number of ether oxygens (including phenoxy) is 1. The van der Waals surface area contributed by atoms with Crippen LogP contribution in [-0.2, 0) is 16.1 Å². The van der Waals surface area contributed by atoms with Crippen molar-refractivity contribution in [2.75, 3.05) is 6.61 Å². The topological polar surface area (TPSA) is 69.9 Å². The number of aromatic nitrogens is 4. The summed E-state index contributed by atoms with van der Waals surface area (Å²) in [5.41, 5.74) is 4.71. The molecule has 0 aliphatic heterocycles. The number of hydrogen-bond acceptors (Lipinski definition) is 5. The number of rotatable bonds is 6. The molecule has 0 atom stereocenters. The number of carbonyl (C=O) groups is 1. The van der Waals surface area contributed by atoms with Crippen LogP contribution in [0.5, 0.6) is 0 Å². The maximum Gasteiger partial charge on any atom is 0.330 e. The largest absolute Gasteiger partial charge is 0.463 e. The van der Waals surface area contributed by atoms with Crippen molar-refractivity contribution in [2.45, 2.75) is 52.0 Å². The predicted molar refractivity (Wildman–Crippen MR) is 118 cm³/mol. The van der Waals surface area contributed by atoms with Crippen molar-refractivity contribution in [3.8, 4) is 11.1 Å². The highest BCUT2D eigenvalue weighted by Gasteiger charge is 2.26. The number of esters is 1. The molecule has 1 saturated carbocycles. The van der Waals surface area contributed by atoms with Gasteiger partial charge in [-0.25, -0.2) is 19.4 Å². The SMILES string of the molecule is CCOC(=O)/C=C/c1c(C2CCCC2)nc2c(cnn2CC)c1-c1ccnc(Cl)c1. The summed E-state index contributed by atoms with van der Waals surface area (Å²) in [5.74, 6) is -0.00885. The molecular weight excluding hydrogens is 400 g/mol. The van der Waals surface area contributed by atoms with Crippen molar-refractivity contribution in [3.63, 3.8) is 0 Å². The number of fused-ring (bicyclic) bond motifs is 1. The average Bonchev–Trinajstić information content (AvgIpc) is 3.41. The lowest BCUT2D eigenvalue weighted by Crippen LogP contribution is -2.06. The van der Waals surface area contributed by atoms with Crippen LogP contribution in [0.2, 0.25) is 5.15 Å². The van der Waals surface area contributed by atoms with E-state index in [0.29, 0.717) is 17.7 Å². The molecule has 156 valence electrons. The smallest absolute Gasteiger partial charge is 0.330 e. The Hall–Kier alpha value is -2.73. The third kappa shape index (κ3) is 3.97. The highest BCUT2D eigenvalue weighted by Crippen LogP contribution is 2.41. The molecule has 3 aromatic rings. The Morgan fingerprint density at radius 2 is 2.13 bits per heavy atom. The first kappa shape index (κ1) is 20.5. The van der Waals surface area contributed by atoms with Gasteiger partial charge < -0.3 is 4.74 Å². The lowest BCUT2D eigenvalue weighted by Gasteiger charge is -2.18. The van der Waals surface area contributed by atoms with Gasteiger partial charge in [-0.1, -0.05) is 24.4 Å². The van der Waals surface area contributed by atoms with Gasteiger partial charge in [-0.2, -0.15) is 5.10 Å². The summed E-state index contributed by atoms with van der Waals surface area (Å²) in [5, 5.41) is 5.90. The normalized spacial score (nSPS) is 14.8. The van der Waals surface area contributed by atoms with Gasteiger partial charge in [-0.15, -0.1) is 0 Å². The molecule has 0 unspecified atom stereocenters. The van der Waals surface area contributed by atoms with E-state index >= 15 is 0 Å². The molecule has 0 aromatic carbocycles. The zero-order valence-corrected chi connectivity index (χ0v) is 18.0. The molecule has 3 aromatic heterocycles. The van der Waals surface area contributed by atoms with Crippen molar-refractivity contribution in [1.29, 1.82) is 0 Å². The number of hydrogen-bond donors (Lipinski definition) is 0. The molecule has 30 heavy (non-hydrogen) atoms. The first-order valence-corrected chi connectivity index (χ1v) is 10.9. The Labute approximate surface area is 180 Å². The molecule has 6 nitrogen and oxygen atoms in total. The maximum atomic E-state index is 12.1. The fourth-order valence-corrected chi connectivity index (χ4v) is 4.42. The summed E-state index contributed by atoms with van der Waals surface area (Å²) in [6, 6.07) is 3.78. The Balaban J connectivity index is 2.01. The third-order valence-corrected chi connectivity index (χ3v) is 5.79. The van der Waals surface area contributed by atoms with Gasteiger partial charge in [0.15, 0.2) is 5.65 Å². The van der Waals surface area contributed by atoms with Crippen LogP contribution in [-0.4, -0.2) is 32.3 Å². The Morgan fingerprint density at radius 1 is 1.33 bits per heavy atom. The molecule has 4 rings (SSSR count). The van der Waals surface area contributed by atoms with Crippen LogP contribution in [0.3, 0.4) is 0 Å². The van der Waals surface area contributed by atoms with Crippen molar-refractivity contribution in [1.82, 2.24) is 19.7 Å². The zero-order valence-electron chi connectivity index (χ0n) is 17.3. The minimum absolute atomic E-state index is 0.339. The quantitative estimate of drug-likeness (QED) is 0.301. The minimum Gasteiger partial charge on any atom is -0.463 e. The number of nitrogens with zero attached hydrogens (tertiary/aromatic N) is 4. The molecule has 3 heterocycles. The predicted octanol–water partition coefficient (Wildman–Crippen LogP) is 5.40. The van der Waals surface area contributed by atoms with Crippen molar-refractivity contribution >= 4 is 34.7 Å². The van der Waals surface area contributed by atoms with Crippen LogP contribution >= 0.6 is 11.6 Å². The van der Waals surface area contributed by atoms with Gasteiger partial charge in [-0.05, 0) is 50.5 Å². The molecule has 1 fully saturated rings. The van der Waals surface area contributed by atoms with Crippen LogP contribution < -0.4 is 0 Å². The molecule has 0 N–H and O–H groups in total. The van der Waals surface area contributed by atoms with E-state index in [2.05, 4.69) is 17.0 Å². The van der Waals surface area contributed by atoms with Crippen molar-refractivity contribution < 1.29 is 9.53 Å². The fourth-order valence-electron chi connectivity index (χ4n) is 4.24. The summed E-state index contributed by atoms with van der Waals surface area (Å²) in [7, 11) is 0. The maximum absolute atomic E-state index is 12.1. The van der Waals surface area contributed by atoms with Crippen molar-refractivity contribution in [3.05, 3.63) is 47.0 Å². The van der Waals surface area contributed by atoms with E-state index in [0.717, 1.165) is 52.8 Å². The Kier molecular flexibility index (Phi) is 6.13. The third-order valence-electron chi connectivity index (χ3n) is 5.58. The summed E-state index contributed by atoms with van der Waals surface area (Å²) in [6.07, 6.45) is 11.4. The first-order valence-electron chi connectivity index (χ1n) is 10.5. The lowest BCUT2D eigenvalue weighted by atomic mass is 9.90. The van der Waals surface area contributed by atoms with Crippen LogP contribution in [0.4, 0.5) is 0 Å². The fraction of sp³-hybridized carbons (Fsp3) is 0.391. The Morgan fingerprint density at radius 3 is 2.83 bits per heavy atom. The molecule has 0 bridgehead atoms. The highest BCUT2D eigenvalue weighted by atomic mass is 35.5. The zero-order chi connectivity index (χ0) is 21.1. The first-order chi connectivity index (χ1) is 14.6. The second-order valence-electron chi connectivity index (χ2n) is 7.42. The summed E-state index contributed by atoms with van der Waals surface area (Å²) < 4.78 is 7.02. The van der Waals surface area contributed by atoms with E-state index < -0.39 is 0 Å². The second kappa shape index (κ2) is 8.96. The van der Waals surface area contributed by atoms with Gasteiger partial charge in [0.25, 0.3) is 0 Å². The second-order valence-corrected chi connectivity index (χ2v) is 7.80. The standard InChI is InChI=1S/C23H25ClN4O2/c1-3-28-23-18(14-26-28)21(16-11-12-25-19(24)13-16)17(9-10-20(29)30-4-2)22(27-23)15-7-5-6-8-15/h9-15H,3-8H2,1-2H3/b10-9+. The van der Waals surface area contributed by atoms with Gasteiger partial charge in [0.05, 0.1) is 18.5 Å². The summed E-state index contributed by atoms with van der Waals surface area (Å²) in [4.78, 5) is 21.3. The van der Waals surface area contributed by atoms with Crippen LogP contribution in [0, 0.1) is 0 Å². The van der Waals surface area contributed by atoms with Gasteiger partial charge in [0.1, 0.15) is 5.15 Å². The number of aryl methyl sites for hydroxylation is 1. The molecule has 1 aliphatic carbocycles. The number of halogens is 1. The number of carbonyl (C=O) groups excluding carboxylic acids is 1. The molecule has 1 aliphatic rings. The van der Waals surface area contributed by atoms with Gasteiger partial charge in [-0.3, -0.25) is 0 Å². The van der Waals surface area contributed by atoms with Gasteiger partial charge in [0.2, 0.25) is 0 Å². The van der Waals surface area contributed by atoms with E-state index in [4.69, 9.17) is 21.3 Å². The lowest BCUT2D eigenvalue weighted by molar-refractivity contribution is -0.137. The van der Waals surface area contributed by atoms with E-state index in [1.165, 1.54) is 18.9 Å². The van der Waals surface area contributed by atoms with E-state index in [-0.39, 0.29) is 5.97 Å². The number of pyridine rings is 2. The molecule has 0 amide bonds. The summed E-state index contributed by atoms with van der Waals surface area (Å²) in [6.45, 7) is 4.93. The van der Waals surface area contributed by atoms with Gasteiger partial charge in [0, 0.05) is 41.2 Å². The minimum atomic E-state index is -0.363. The van der Waals surface area contributed by atoms with E-state index in [1.807, 2.05) is 29.1 Å². The van der Waals surface area contributed by atoms with Crippen molar-refractivity contribution in [2.24, 2.45) is 0 Å². The highest BCUT2D eigenvalue weighted by molar-refractivity contribution is 6.29. The summed E-state index contributed by atoms with van der Waals surface area (Å²) >= 11 is 6.23. The molecule has 0 saturated heterocycles. The molecular formula is C23H25ClN4O2. The van der Waals surface area contributed by atoms with E-state index in [9.17, 15) is 4.79 Å². The average molecular weight is 425 g/mol. The van der Waals surface area contributed by atoms with Crippen LogP contribution in [0.15, 0.2) is 30.6 Å². The molecule has 7 heteroatoms. The molecule has 0 radical (unpaired) electrons. The van der Waals surface area contributed by atoms with Crippen LogP contribution in [0.1, 0.15) is 56.7 Å². The van der Waals surface area contributed by atoms with Crippen LogP contribution in [0.25, 0.3) is 28.2 Å². The monoisotopic (exact) mass is 424 g/mol. The van der Waals surface area contributed by atoms with Gasteiger partial charge >= 0.3 is 5.97 Å². The molecule has 0 spiro atoms.